The minimum Gasteiger partial charge on any atom is -0.465 e. The number of aryl methyl sites for hydroxylation is 2. The number of carbonyl (C=O) groups is 2. The van der Waals surface area contributed by atoms with Gasteiger partial charge in [-0.1, -0.05) is 36.4 Å². The highest BCUT2D eigenvalue weighted by Gasteiger charge is 2.14. The van der Waals surface area contributed by atoms with E-state index in [2.05, 4.69) is 30.7 Å². The van der Waals surface area contributed by atoms with Crippen LogP contribution in [0.25, 0.3) is 10.8 Å². The van der Waals surface area contributed by atoms with Crippen LogP contribution in [0.15, 0.2) is 54.6 Å². The van der Waals surface area contributed by atoms with Gasteiger partial charge in [-0.2, -0.15) is 0 Å². The Morgan fingerprint density at radius 3 is 2.14 bits per heavy atom. The van der Waals surface area contributed by atoms with E-state index in [1.54, 1.807) is 24.3 Å². The first-order valence-electron chi connectivity index (χ1n) is 9.30. The first-order valence-corrected chi connectivity index (χ1v) is 9.30. The summed E-state index contributed by atoms with van der Waals surface area (Å²) >= 11 is 0. The molecular formula is C24H24O4. The summed E-state index contributed by atoms with van der Waals surface area (Å²) in [5, 5.41) is 12.9. The number of Topliss-reactive ketones (excluding diaryl/α,β-unsaturated/α-hetero) is 1. The molecule has 0 aromatic heterocycles. The van der Waals surface area contributed by atoms with Crippen molar-refractivity contribution in [2.75, 3.05) is 7.11 Å². The standard InChI is InChI=1S/C24H24O4/c1-15-4-5-16(2)21-14-19(10-11-20(15)21)23(26)13-12-22(25)17-6-8-18(9-7-17)24(27)28-3/h4-11,14,23,26H,12-13H2,1-3H3. The van der Waals surface area contributed by atoms with Gasteiger partial charge < -0.3 is 9.84 Å². The molecule has 0 spiro atoms. The van der Waals surface area contributed by atoms with Crippen molar-refractivity contribution in [2.45, 2.75) is 32.8 Å². The summed E-state index contributed by atoms with van der Waals surface area (Å²) < 4.78 is 4.65. The van der Waals surface area contributed by atoms with Gasteiger partial charge in [0.1, 0.15) is 0 Å². The zero-order valence-corrected chi connectivity index (χ0v) is 16.4. The lowest BCUT2D eigenvalue weighted by atomic mass is 9.95. The zero-order valence-electron chi connectivity index (χ0n) is 16.4. The van der Waals surface area contributed by atoms with Crippen molar-refractivity contribution in [3.8, 4) is 0 Å². The Morgan fingerprint density at radius 2 is 1.50 bits per heavy atom. The molecular weight excluding hydrogens is 352 g/mol. The lowest BCUT2D eigenvalue weighted by Crippen LogP contribution is -2.06. The van der Waals surface area contributed by atoms with E-state index in [0.717, 1.165) is 16.5 Å². The molecule has 3 aromatic rings. The summed E-state index contributed by atoms with van der Waals surface area (Å²) in [7, 11) is 1.32. The molecule has 4 heteroatoms. The van der Waals surface area contributed by atoms with Gasteiger partial charge in [-0.05, 0) is 65.9 Å². The van der Waals surface area contributed by atoms with Crippen LogP contribution < -0.4 is 0 Å². The van der Waals surface area contributed by atoms with Crippen molar-refractivity contribution in [3.05, 3.63) is 82.4 Å². The summed E-state index contributed by atoms with van der Waals surface area (Å²) in [5.41, 5.74) is 4.10. The zero-order chi connectivity index (χ0) is 20.3. The number of hydrogen-bond donors (Lipinski definition) is 1. The molecule has 1 unspecified atom stereocenters. The molecule has 0 radical (unpaired) electrons. The molecule has 4 nitrogen and oxygen atoms in total. The predicted molar refractivity (Wildman–Crippen MR) is 110 cm³/mol. The molecule has 1 atom stereocenters. The third-order valence-corrected chi connectivity index (χ3v) is 5.13. The summed E-state index contributed by atoms with van der Waals surface area (Å²) in [6, 6.07) is 16.5. The molecule has 144 valence electrons. The number of rotatable bonds is 6. The molecule has 0 bridgehead atoms. The number of fused-ring (bicyclic) bond motifs is 1. The van der Waals surface area contributed by atoms with Crippen molar-refractivity contribution in [3.63, 3.8) is 0 Å². The normalized spacial score (nSPS) is 12.0. The fourth-order valence-electron chi connectivity index (χ4n) is 3.36. The first-order chi connectivity index (χ1) is 13.4. The van der Waals surface area contributed by atoms with Crippen LogP contribution in [-0.4, -0.2) is 24.0 Å². The van der Waals surface area contributed by atoms with E-state index in [-0.39, 0.29) is 12.2 Å². The largest absolute Gasteiger partial charge is 0.465 e. The number of benzene rings is 3. The highest BCUT2D eigenvalue weighted by atomic mass is 16.5. The van der Waals surface area contributed by atoms with Crippen LogP contribution in [0.1, 0.15) is 56.4 Å². The summed E-state index contributed by atoms with van der Waals surface area (Å²) in [5.74, 6) is -0.500. The molecule has 0 aliphatic rings. The van der Waals surface area contributed by atoms with Gasteiger partial charge in [-0.25, -0.2) is 4.79 Å². The Hall–Kier alpha value is -2.98. The van der Waals surface area contributed by atoms with Crippen molar-refractivity contribution in [2.24, 2.45) is 0 Å². The number of carbonyl (C=O) groups excluding carboxylic acids is 2. The molecule has 3 aromatic carbocycles. The summed E-state index contributed by atoms with van der Waals surface area (Å²) in [6.45, 7) is 4.13. The molecule has 0 heterocycles. The molecule has 3 rings (SSSR count). The maximum Gasteiger partial charge on any atom is 0.337 e. The van der Waals surface area contributed by atoms with E-state index in [9.17, 15) is 14.7 Å². The van der Waals surface area contributed by atoms with Crippen LogP contribution >= 0.6 is 0 Å². The summed E-state index contributed by atoms with van der Waals surface area (Å²) in [6.07, 6.45) is -0.139. The lowest BCUT2D eigenvalue weighted by molar-refractivity contribution is 0.0600. The number of methoxy groups -OCH3 is 1. The molecule has 0 saturated carbocycles. The topological polar surface area (TPSA) is 63.6 Å². The van der Waals surface area contributed by atoms with E-state index in [0.29, 0.717) is 17.5 Å². The molecule has 0 amide bonds. The van der Waals surface area contributed by atoms with Crippen LogP contribution in [0.2, 0.25) is 0 Å². The Labute approximate surface area is 164 Å². The molecule has 28 heavy (non-hydrogen) atoms. The van der Waals surface area contributed by atoms with Crippen LogP contribution in [0.3, 0.4) is 0 Å². The highest BCUT2D eigenvalue weighted by Crippen LogP contribution is 2.28. The Balaban J connectivity index is 1.69. The summed E-state index contributed by atoms with van der Waals surface area (Å²) in [4.78, 5) is 23.9. The molecule has 0 fully saturated rings. The molecule has 1 N–H and O–H groups in total. The number of aliphatic hydroxyl groups is 1. The molecule has 0 saturated heterocycles. The van der Waals surface area contributed by atoms with Crippen LogP contribution in [0, 0.1) is 13.8 Å². The SMILES string of the molecule is COC(=O)c1ccc(C(=O)CCC(O)c2ccc3c(C)ccc(C)c3c2)cc1. The minimum absolute atomic E-state index is 0.0664. The van der Waals surface area contributed by atoms with E-state index < -0.39 is 12.1 Å². The number of ketones is 1. The molecule has 0 aliphatic heterocycles. The van der Waals surface area contributed by atoms with Gasteiger partial charge in [-0.15, -0.1) is 0 Å². The van der Waals surface area contributed by atoms with Crippen LogP contribution in [-0.2, 0) is 4.74 Å². The van der Waals surface area contributed by atoms with Crippen LogP contribution in [0.5, 0.6) is 0 Å². The highest BCUT2D eigenvalue weighted by molar-refractivity contribution is 5.97. The smallest absolute Gasteiger partial charge is 0.337 e. The van der Waals surface area contributed by atoms with Gasteiger partial charge in [0, 0.05) is 12.0 Å². The maximum absolute atomic E-state index is 12.4. The second-order valence-electron chi connectivity index (χ2n) is 7.05. The Morgan fingerprint density at radius 1 is 0.893 bits per heavy atom. The van der Waals surface area contributed by atoms with Gasteiger partial charge in [0.25, 0.3) is 0 Å². The third-order valence-electron chi connectivity index (χ3n) is 5.13. The van der Waals surface area contributed by atoms with Gasteiger partial charge >= 0.3 is 5.97 Å². The fourth-order valence-corrected chi connectivity index (χ4v) is 3.36. The lowest BCUT2D eigenvalue weighted by Gasteiger charge is -2.13. The van der Waals surface area contributed by atoms with Crippen molar-refractivity contribution < 1.29 is 19.4 Å². The van der Waals surface area contributed by atoms with E-state index in [1.807, 2.05) is 18.2 Å². The monoisotopic (exact) mass is 376 g/mol. The van der Waals surface area contributed by atoms with Gasteiger partial charge in [0.2, 0.25) is 0 Å². The average molecular weight is 376 g/mol. The average Bonchev–Trinajstić information content (AvgIpc) is 2.73. The second-order valence-corrected chi connectivity index (χ2v) is 7.05. The van der Waals surface area contributed by atoms with Gasteiger partial charge in [0.15, 0.2) is 5.78 Å². The van der Waals surface area contributed by atoms with Gasteiger partial charge in [-0.3, -0.25) is 4.79 Å². The fraction of sp³-hybridized carbons (Fsp3) is 0.250. The Kier molecular flexibility index (Phi) is 5.90. The minimum atomic E-state index is -0.706. The van der Waals surface area contributed by atoms with Crippen molar-refractivity contribution in [1.29, 1.82) is 0 Å². The van der Waals surface area contributed by atoms with Crippen molar-refractivity contribution in [1.82, 2.24) is 0 Å². The number of ether oxygens (including phenoxy) is 1. The Bertz CT molecular complexity index is 1020. The predicted octanol–water partition coefficient (Wildman–Crippen LogP) is 4.94. The number of aliphatic hydroxyl groups excluding tert-OH is 1. The van der Waals surface area contributed by atoms with E-state index >= 15 is 0 Å². The van der Waals surface area contributed by atoms with E-state index in [4.69, 9.17) is 0 Å². The maximum atomic E-state index is 12.4. The van der Waals surface area contributed by atoms with Crippen LogP contribution in [0.4, 0.5) is 0 Å². The van der Waals surface area contributed by atoms with Crippen molar-refractivity contribution >= 4 is 22.5 Å². The number of esters is 1. The van der Waals surface area contributed by atoms with E-state index in [1.165, 1.54) is 18.1 Å². The first kappa shape index (κ1) is 19.8. The van der Waals surface area contributed by atoms with Gasteiger partial charge in [0.05, 0.1) is 18.8 Å². The molecule has 0 aliphatic carbocycles. The quantitative estimate of drug-likeness (QED) is 0.489. The second kappa shape index (κ2) is 8.36. The number of hydrogen-bond acceptors (Lipinski definition) is 4. The third kappa shape index (κ3) is 4.12.